The zero-order valence-corrected chi connectivity index (χ0v) is 18.6. The normalized spacial score (nSPS) is 13.3. The van der Waals surface area contributed by atoms with Crippen LogP contribution in [0, 0.1) is 0 Å². The molecule has 34 heavy (non-hydrogen) atoms. The third kappa shape index (κ3) is 6.76. The molecule has 8 heteroatoms. The Balaban J connectivity index is 1.50. The number of alkyl halides is 2. The van der Waals surface area contributed by atoms with Crippen molar-refractivity contribution in [3.63, 3.8) is 0 Å². The molecule has 0 saturated carbocycles. The van der Waals surface area contributed by atoms with E-state index in [2.05, 4.69) is 5.32 Å². The number of rotatable bonds is 11. The van der Waals surface area contributed by atoms with Gasteiger partial charge in [-0.05, 0) is 48.7 Å². The Kier molecular flexibility index (Phi) is 8.20. The first kappa shape index (κ1) is 25.1. The first-order valence-electron chi connectivity index (χ1n) is 10.8. The number of phenols is 1. The number of carboxylic acids is 1. The van der Waals surface area contributed by atoms with Crippen LogP contribution in [0.2, 0.25) is 0 Å². The minimum atomic E-state index is -3.10. The molecule has 0 fully saturated rings. The van der Waals surface area contributed by atoms with Gasteiger partial charge in [0, 0.05) is 18.2 Å². The molecule has 3 aromatic carbocycles. The number of nitrogens with one attached hydrogen (secondary N) is 1. The molecular weight excluding hydrogens is 444 g/mol. The molecule has 180 valence electrons. The minimum absolute atomic E-state index is 0.0609. The number of hydrogen-bond acceptors (Lipinski definition) is 5. The van der Waals surface area contributed by atoms with Crippen molar-refractivity contribution >= 4 is 5.97 Å². The molecule has 6 nitrogen and oxygen atoms in total. The molecule has 0 unspecified atom stereocenters. The van der Waals surface area contributed by atoms with Gasteiger partial charge in [-0.3, -0.25) is 0 Å². The highest BCUT2D eigenvalue weighted by atomic mass is 19.3. The van der Waals surface area contributed by atoms with E-state index in [-0.39, 0.29) is 35.0 Å². The van der Waals surface area contributed by atoms with Crippen molar-refractivity contribution in [3.8, 4) is 11.5 Å². The topological polar surface area (TPSA) is 99.0 Å². The van der Waals surface area contributed by atoms with Crippen molar-refractivity contribution in [1.82, 2.24) is 5.32 Å². The van der Waals surface area contributed by atoms with Gasteiger partial charge in [-0.15, -0.1) is 0 Å². The van der Waals surface area contributed by atoms with Crippen molar-refractivity contribution in [2.45, 2.75) is 31.4 Å². The molecule has 0 saturated heterocycles. The van der Waals surface area contributed by atoms with Crippen molar-refractivity contribution in [2.75, 3.05) is 13.2 Å². The number of hydrogen-bond donors (Lipinski definition) is 4. The highest BCUT2D eigenvalue weighted by Crippen LogP contribution is 2.29. The van der Waals surface area contributed by atoms with Gasteiger partial charge in [0.1, 0.15) is 11.5 Å². The van der Waals surface area contributed by atoms with E-state index >= 15 is 0 Å². The predicted molar refractivity (Wildman–Crippen MR) is 123 cm³/mol. The predicted octanol–water partition coefficient (Wildman–Crippen LogP) is 4.52. The number of carbonyl (C=O) groups is 1. The molecule has 0 heterocycles. The Labute approximate surface area is 196 Å². The number of benzene rings is 3. The second kappa shape index (κ2) is 11.1. The lowest BCUT2D eigenvalue weighted by atomic mass is 10.0. The lowest BCUT2D eigenvalue weighted by Crippen LogP contribution is -2.32. The zero-order chi connectivity index (χ0) is 24.7. The third-order valence-electron chi connectivity index (χ3n) is 5.37. The molecule has 2 atom stereocenters. The van der Waals surface area contributed by atoms with Gasteiger partial charge in [0.2, 0.25) is 0 Å². The summed E-state index contributed by atoms with van der Waals surface area (Å²) in [6, 6.07) is 18.1. The SMILES string of the molecule is C[C@H](Cc1ccc(OCC(F)(F)c2ccccc2)cc1)NC[C@H](O)c1ccc(O)cc1C(=O)O. The summed E-state index contributed by atoms with van der Waals surface area (Å²) in [4.78, 5) is 11.4. The highest BCUT2D eigenvalue weighted by molar-refractivity contribution is 5.90. The van der Waals surface area contributed by atoms with Crippen LogP contribution in [-0.2, 0) is 12.3 Å². The Bertz CT molecular complexity index is 1090. The van der Waals surface area contributed by atoms with Crippen molar-refractivity contribution in [2.24, 2.45) is 0 Å². The van der Waals surface area contributed by atoms with Crippen LogP contribution in [0.15, 0.2) is 72.8 Å². The summed E-state index contributed by atoms with van der Waals surface area (Å²) < 4.78 is 33.8. The summed E-state index contributed by atoms with van der Waals surface area (Å²) in [5.74, 6) is -4.19. The number of aliphatic hydroxyl groups is 1. The van der Waals surface area contributed by atoms with E-state index in [1.165, 1.54) is 24.3 Å². The number of phenolic OH excluding ortho intramolecular Hbond substituents is 1. The zero-order valence-electron chi connectivity index (χ0n) is 18.6. The van der Waals surface area contributed by atoms with Gasteiger partial charge in [0.25, 0.3) is 0 Å². The Morgan fingerprint density at radius 3 is 2.38 bits per heavy atom. The maximum Gasteiger partial charge on any atom is 0.336 e. The molecule has 0 aliphatic rings. The second-order valence-electron chi connectivity index (χ2n) is 8.11. The molecular formula is C26H27F2NO5. The number of carboxylic acid groups (broad SMARTS) is 1. The molecule has 0 aliphatic heterocycles. The fourth-order valence-corrected chi connectivity index (χ4v) is 3.53. The van der Waals surface area contributed by atoms with Crippen LogP contribution in [-0.4, -0.2) is 40.5 Å². The maximum atomic E-state index is 14.3. The molecule has 0 aliphatic carbocycles. The van der Waals surface area contributed by atoms with Gasteiger partial charge in [-0.25, -0.2) is 4.79 Å². The molecule has 0 radical (unpaired) electrons. The average Bonchev–Trinajstić information content (AvgIpc) is 2.82. The summed E-state index contributed by atoms with van der Waals surface area (Å²) in [7, 11) is 0. The summed E-state index contributed by atoms with van der Waals surface area (Å²) in [5.41, 5.74) is 0.887. The Morgan fingerprint density at radius 1 is 1.06 bits per heavy atom. The van der Waals surface area contributed by atoms with E-state index in [0.717, 1.165) is 11.6 Å². The number of aliphatic hydroxyl groups excluding tert-OH is 1. The standard InChI is InChI=1S/C26H27F2NO5/c1-17(29-15-24(31)22-12-9-20(30)14-23(22)25(32)33)13-18-7-10-21(11-8-18)34-16-26(27,28)19-5-3-2-4-6-19/h2-12,14,17,24,29-31H,13,15-16H2,1H3,(H,32,33)/t17-,24+/m1/s1. The fourth-order valence-electron chi connectivity index (χ4n) is 3.53. The van der Waals surface area contributed by atoms with E-state index in [1.807, 2.05) is 6.92 Å². The minimum Gasteiger partial charge on any atom is -0.508 e. The number of aromatic hydroxyl groups is 1. The van der Waals surface area contributed by atoms with E-state index in [1.54, 1.807) is 42.5 Å². The molecule has 3 aromatic rings. The molecule has 0 aromatic heterocycles. The quantitative estimate of drug-likeness (QED) is 0.328. The summed E-state index contributed by atoms with van der Waals surface area (Å²) in [5, 5.41) is 32.3. The second-order valence-corrected chi connectivity index (χ2v) is 8.11. The maximum absolute atomic E-state index is 14.3. The van der Waals surface area contributed by atoms with Gasteiger partial charge >= 0.3 is 11.9 Å². The highest BCUT2D eigenvalue weighted by Gasteiger charge is 2.32. The van der Waals surface area contributed by atoms with E-state index in [4.69, 9.17) is 4.74 Å². The van der Waals surface area contributed by atoms with Crippen molar-refractivity contribution < 1.29 is 33.6 Å². The monoisotopic (exact) mass is 471 g/mol. The smallest absolute Gasteiger partial charge is 0.336 e. The third-order valence-corrected chi connectivity index (χ3v) is 5.37. The summed E-state index contributed by atoms with van der Waals surface area (Å²) in [6.45, 7) is 1.26. The number of ether oxygens (including phenoxy) is 1. The fraction of sp³-hybridized carbons (Fsp3) is 0.269. The largest absolute Gasteiger partial charge is 0.508 e. The van der Waals surface area contributed by atoms with Crippen LogP contribution in [0.4, 0.5) is 8.78 Å². The van der Waals surface area contributed by atoms with Gasteiger partial charge in [0.15, 0.2) is 6.61 Å². The molecule has 4 N–H and O–H groups in total. The van der Waals surface area contributed by atoms with Crippen LogP contribution in [0.25, 0.3) is 0 Å². The van der Waals surface area contributed by atoms with Crippen LogP contribution >= 0.6 is 0 Å². The Morgan fingerprint density at radius 2 is 1.74 bits per heavy atom. The van der Waals surface area contributed by atoms with Crippen molar-refractivity contribution in [3.05, 3.63) is 95.1 Å². The van der Waals surface area contributed by atoms with E-state index < -0.39 is 24.6 Å². The average molecular weight is 472 g/mol. The van der Waals surface area contributed by atoms with Crippen LogP contribution in [0.3, 0.4) is 0 Å². The molecule has 3 rings (SSSR count). The lowest BCUT2D eigenvalue weighted by molar-refractivity contribution is -0.0467. The van der Waals surface area contributed by atoms with E-state index in [0.29, 0.717) is 12.2 Å². The number of aromatic carboxylic acids is 1. The van der Waals surface area contributed by atoms with Gasteiger partial charge in [0.05, 0.1) is 11.7 Å². The lowest BCUT2D eigenvalue weighted by Gasteiger charge is -2.19. The van der Waals surface area contributed by atoms with Crippen LogP contribution in [0.5, 0.6) is 11.5 Å². The molecule has 0 spiro atoms. The Hall–Kier alpha value is -3.49. The van der Waals surface area contributed by atoms with Gasteiger partial charge < -0.3 is 25.4 Å². The summed E-state index contributed by atoms with van der Waals surface area (Å²) >= 11 is 0. The first-order chi connectivity index (χ1) is 16.2. The first-order valence-corrected chi connectivity index (χ1v) is 10.8. The van der Waals surface area contributed by atoms with E-state index in [9.17, 15) is 28.9 Å². The van der Waals surface area contributed by atoms with Gasteiger partial charge in [-0.1, -0.05) is 48.5 Å². The molecule has 0 bridgehead atoms. The van der Waals surface area contributed by atoms with Gasteiger partial charge in [-0.2, -0.15) is 8.78 Å². The molecule has 0 amide bonds. The van der Waals surface area contributed by atoms with Crippen molar-refractivity contribution in [1.29, 1.82) is 0 Å². The summed E-state index contributed by atoms with van der Waals surface area (Å²) in [6.07, 6.45) is -0.481. The van der Waals surface area contributed by atoms with Crippen LogP contribution < -0.4 is 10.1 Å². The number of halogens is 2. The van der Waals surface area contributed by atoms with Crippen LogP contribution in [0.1, 0.15) is 40.1 Å².